The third kappa shape index (κ3) is 2.76. The molecule has 1 fully saturated rings. The van der Waals surface area contributed by atoms with Gasteiger partial charge in [0.2, 0.25) is 0 Å². The Balaban J connectivity index is 2.39. The highest BCUT2D eigenvalue weighted by molar-refractivity contribution is 4.78. The molecule has 0 radical (unpaired) electrons. The summed E-state index contributed by atoms with van der Waals surface area (Å²) in [6, 6.07) is 0.572. The van der Waals surface area contributed by atoms with Crippen LogP contribution in [-0.4, -0.2) is 24.3 Å². The Hall–Kier alpha value is -0.0800. The number of rotatable bonds is 3. The fourth-order valence-corrected chi connectivity index (χ4v) is 2.13. The van der Waals surface area contributed by atoms with Crippen molar-refractivity contribution >= 4 is 0 Å². The maximum atomic E-state index is 9.17. The van der Waals surface area contributed by atoms with E-state index in [0.717, 1.165) is 6.54 Å². The van der Waals surface area contributed by atoms with Gasteiger partial charge in [-0.1, -0.05) is 26.2 Å². The molecule has 0 aromatic rings. The molecule has 2 unspecified atom stereocenters. The molecule has 12 heavy (non-hydrogen) atoms. The van der Waals surface area contributed by atoms with Gasteiger partial charge in [0.15, 0.2) is 0 Å². The summed E-state index contributed by atoms with van der Waals surface area (Å²) in [5.41, 5.74) is 0. The fraction of sp³-hybridized carbons (Fsp3) is 1.00. The Bertz CT molecular complexity index is 116. The van der Waals surface area contributed by atoms with Gasteiger partial charge in [-0.15, -0.1) is 0 Å². The first-order valence-corrected chi connectivity index (χ1v) is 5.22. The number of nitrogens with one attached hydrogen (secondary N) is 1. The van der Waals surface area contributed by atoms with Crippen molar-refractivity contribution in [2.24, 2.45) is 5.92 Å². The van der Waals surface area contributed by atoms with E-state index in [9.17, 15) is 5.11 Å². The fourth-order valence-electron chi connectivity index (χ4n) is 2.13. The molecule has 2 atom stereocenters. The summed E-state index contributed by atoms with van der Waals surface area (Å²) in [4.78, 5) is 0. The molecule has 0 bridgehead atoms. The van der Waals surface area contributed by atoms with Crippen molar-refractivity contribution in [1.29, 1.82) is 0 Å². The second-order valence-corrected chi connectivity index (χ2v) is 3.74. The molecule has 0 spiro atoms. The topological polar surface area (TPSA) is 32.3 Å². The first-order chi connectivity index (χ1) is 5.88. The van der Waals surface area contributed by atoms with Crippen molar-refractivity contribution in [1.82, 2.24) is 5.32 Å². The van der Waals surface area contributed by atoms with E-state index in [-0.39, 0.29) is 0 Å². The van der Waals surface area contributed by atoms with Gasteiger partial charge in [-0.25, -0.2) is 0 Å². The summed E-state index contributed by atoms with van der Waals surface area (Å²) in [7, 11) is 0. The lowest BCUT2D eigenvalue weighted by atomic mass is 9.96. The Kier molecular flexibility index (Phi) is 4.62. The SMILES string of the molecule is CCNC1CCCCCC1CO. The summed E-state index contributed by atoms with van der Waals surface area (Å²) in [5, 5.41) is 12.6. The summed E-state index contributed by atoms with van der Waals surface area (Å²) < 4.78 is 0. The predicted molar refractivity (Wildman–Crippen MR) is 51.1 cm³/mol. The van der Waals surface area contributed by atoms with Gasteiger partial charge in [0, 0.05) is 12.6 Å². The Labute approximate surface area is 75.4 Å². The Morgan fingerprint density at radius 3 is 2.67 bits per heavy atom. The average Bonchev–Trinajstić information content (AvgIpc) is 2.30. The second-order valence-electron chi connectivity index (χ2n) is 3.74. The molecule has 1 aliphatic carbocycles. The second kappa shape index (κ2) is 5.55. The Morgan fingerprint density at radius 1 is 1.25 bits per heavy atom. The number of hydrogen-bond donors (Lipinski definition) is 2. The maximum absolute atomic E-state index is 9.17. The average molecular weight is 171 g/mol. The number of aliphatic hydroxyl groups excluding tert-OH is 1. The van der Waals surface area contributed by atoms with Gasteiger partial charge >= 0.3 is 0 Å². The van der Waals surface area contributed by atoms with Crippen LogP contribution in [0.2, 0.25) is 0 Å². The molecule has 2 heteroatoms. The molecule has 2 N–H and O–H groups in total. The van der Waals surface area contributed by atoms with Gasteiger partial charge in [0.1, 0.15) is 0 Å². The predicted octanol–water partition coefficient (Wildman–Crippen LogP) is 1.54. The van der Waals surface area contributed by atoms with Gasteiger partial charge < -0.3 is 10.4 Å². The molecule has 0 aromatic carbocycles. The zero-order valence-corrected chi connectivity index (χ0v) is 8.05. The van der Waals surface area contributed by atoms with Crippen molar-refractivity contribution in [3.8, 4) is 0 Å². The van der Waals surface area contributed by atoms with Crippen molar-refractivity contribution in [3.05, 3.63) is 0 Å². The van der Waals surface area contributed by atoms with Crippen molar-refractivity contribution < 1.29 is 5.11 Å². The van der Waals surface area contributed by atoms with Crippen LogP contribution in [0.15, 0.2) is 0 Å². The van der Waals surface area contributed by atoms with E-state index in [4.69, 9.17) is 0 Å². The molecule has 0 saturated heterocycles. The van der Waals surface area contributed by atoms with E-state index in [2.05, 4.69) is 12.2 Å². The third-order valence-corrected chi connectivity index (χ3v) is 2.86. The molecule has 72 valence electrons. The zero-order valence-electron chi connectivity index (χ0n) is 8.05. The number of aliphatic hydroxyl groups is 1. The van der Waals surface area contributed by atoms with Crippen LogP contribution in [0.5, 0.6) is 0 Å². The third-order valence-electron chi connectivity index (χ3n) is 2.86. The highest BCUT2D eigenvalue weighted by atomic mass is 16.3. The minimum Gasteiger partial charge on any atom is -0.396 e. The molecule has 0 aromatic heterocycles. The van der Waals surface area contributed by atoms with Crippen LogP contribution in [0.1, 0.15) is 39.0 Å². The van der Waals surface area contributed by atoms with Crippen LogP contribution < -0.4 is 5.32 Å². The van der Waals surface area contributed by atoms with Gasteiger partial charge in [-0.3, -0.25) is 0 Å². The lowest BCUT2D eigenvalue weighted by molar-refractivity contribution is 0.183. The summed E-state index contributed by atoms with van der Waals surface area (Å²) in [6.07, 6.45) is 6.42. The van der Waals surface area contributed by atoms with Crippen LogP contribution in [0.4, 0.5) is 0 Å². The quantitative estimate of drug-likeness (QED) is 0.631. The van der Waals surface area contributed by atoms with Gasteiger partial charge in [0.05, 0.1) is 0 Å². The van der Waals surface area contributed by atoms with E-state index in [1.807, 2.05) is 0 Å². The largest absolute Gasteiger partial charge is 0.396 e. The smallest absolute Gasteiger partial charge is 0.0474 e. The van der Waals surface area contributed by atoms with Gasteiger partial charge in [-0.2, -0.15) is 0 Å². The molecule has 1 aliphatic rings. The lowest BCUT2D eigenvalue weighted by Crippen LogP contribution is -2.37. The first kappa shape index (κ1) is 10.0. The van der Waals surface area contributed by atoms with Gasteiger partial charge in [0.25, 0.3) is 0 Å². The number of hydrogen-bond acceptors (Lipinski definition) is 2. The summed E-state index contributed by atoms with van der Waals surface area (Å²) in [5.74, 6) is 0.507. The molecule has 1 saturated carbocycles. The first-order valence-electron chi connectivity index (χ1n) is 5.22. The molecule has 2 nitrogen and oxygen atoms in total. The zero-order chi connectivity index (χ0) is 8.81. The van der Waals surface area contributed by atoms with Crippen molar-refractivity contribution in [2.45, 2.75) is 45.1 Å². The maximum Gasteiger partial charge on any atom is 0.0474 e. The normalized spacial score (nSPS) is 31.5. The van der Waals surface area contributed by atoms with E-state index < -0.39 is 0 Å². The Morgan fingerprint density at radius 2 is 2.00 bits per heavy atom. The lowest BCUT2D eigenvalue weighted by Gasteiger charge is -2.23. The van der Waals surface area contributed by atoms with Crippen molar-refractivity contribution in [2.75, 3.05) is 13.2 Å². The van der Waals surface area contributed by atoms with Crippen LogP contribution in [0.25, 0.3) is 0 Å². The van der Waals surface area contributed by atoms with Crippen LogP contribution in [0, 0.1) is 5.92 Å². The van der Waals surface area contributed by atoms with E-state index in [0.29, 0.717) is 18.6 Å². The van der Waals surface area contributed by atoms with E-state index in [1.165, 1.54) is 32.1 Å². The van der Waals surface area contributed by atoms with E-state index in [1.54, 1.807) is 0 Å². The van der Waals surface area contributed by atoms with Gasteiger partial charge in [-0.05, 0) is 25.3 Å². The summed E-state index contributed by atoms with van der Waals surface area (Å²) >= 11 is 0. The van der Waals surface area contributed by atoms with Crippen LogP contribution >= 0.6 is 0 Å². The summed E-state index contributed by atoms with van der Waals surface area (Å²) in [6.45, 7) is 3.53. The molecule has 0 amide bonds. The molecule has 0 aliphatic heterocycles. The molecule has 0 heterocycles. The monoisotopic (exact) mass is 171 g/mol. The van der Waals surface area contributed by atoms with Crippen molar-refractivity contribution in [3.63, 3.8) is 0 Å². The molecule has 1 rings (SSSR count). The minimum absolute atomic E-state index is 0.359. The van der Waals surface area contributed by atoms with Crippen LogP contribution in [-0.2, 0) is 0 Å². The molecular formula is C10H21NO. The van der Waals surface area contributed by atoms with Crippen LogP contribution in [0.3, 0.4) is 0 Å². The standard InChI is InChI=1S/C10H21NO/c1-2-11-10-7-5-3-4-6-9(10)8-12/h9-12H,2-8H2,1H3. The highest BCUT2D eigenvalue weighted by Crippen LogP contribution is 2.22. The highest BCUT2D eigenvalue weighted by Gasteiger charge is 2.21. The van der Waals surface area contributed by atoms with E-state index >= 15 is 0 Å². The minimum atomic E-state index is 0.359. The molecular weight excluding hydrogens is 150 g/mol.